The first-order valence-corrected chi connectivity index (χ1v) is 7.34. The zero-order valence-corrected chi connectivity index (χ0v) is 13.3. The van der Waals surface area contributed by atoms with Crippen LogP contribution < -0.4 is 4.74 Å². The molecule has 0 amide bonds. The quantitative estimate of drug-likeness (QED) is 0.569. The molecule has 0 heterocycles. The number of rotatable bonds is 8. The molecule has 122 valence electrons. The second-order valence-electron chi connectivity index (χ2n) is 4.99. The summed E-state index contributed by atoms with van der Waals surface area (Å²) in [5, 5.41) is 18.9. The smallest absolute Gasteiger partial charge is 0.333 e. The highest BCUT2D eigenvalue weighted by Crippen LogP contribution is 2.24. The van der Waals surface area contributed by atoms with Gasteiger partial charge in [-0.05, 0) is 44.9 Å². The summed E-state index contributed by atoms with van der Waals surface area (Å²) in [6.07, 6.45) is -0.335. The van der Waals surface area contributed by atoms with Gasteiger partial charge in [0.2, 0.25) is 0 Å². The first-order valence-electron chi connectivity index (χ1n) is 7.34. The summed E-state index contributed by atoms with van der Waals surface area (Å²) in [4.78, 5) is 11.6. The summed E-state index contributed by atoms with van der Waals surface area (Å²) in [5.74, 6) is 0.292. The van der Waals surface area contributed by atoms with E-state index in [1.165, 1.54) is 0 Å². The third-order valence-electron chi connectivity index (χ3n) is 3.35. The molecule has 1 aromatic carbocycles. The van der Waals surface area contributed by atoms with E-state index in [-0.39, 0.29) is 19.2 Å². The van der Waals surface area contributed by atoms with Crippen LogP contribution in [0.3, 0.4) is 0 Å². The fourth-order valence-electron chi connectivity index (χ4n) is 1.92. The number of hydrogen-bond donors (Lipinski definition) is 2. The predicted octanol–water partition coefficient (Wildman–Crippen LogP) is 2.38. The third kappa shape index (κ3) is 5.50. The molecule has 1 atom stereocenters. The summed E-state index contributed by atoms with van der Waals surface area (Å²) < 4.78 is 10.2. The molecule has 1 rings (SSSR count). The number of benzene rings is 1. The molecule has 0 spiro atoms. The lowest BCUT2D eigenvalue weighted by Crippen LogP contribution is -2.08. The van der Waals surface area contributed by atoms with Crippen molar-refractivity contribution in [3.8, 4) is 5.75 Å². The number of carbonyl (C=O) groups excluding carboxylic acids is 1. The number of carbonyl (C=O) groups is 1. The third-order valence-corrected chi connectivity index (χ3v) is 3.35. The number of ether oxygens (including phenoxy) is 2. The molecular weight excluding hydrogens is 284 g/mol. The topological polar surface area (TPSA) is 76.0 Å². The fourth-order valence-corrected chi connectivity index (χ4v) is 1.92. The van der Waals surface area contributed by atoms with Crippen LogP contribution in [0.25, 0.3) is 0 Å². The first-order chi connectivity index (χ1) is 10.5. The molecule has 5 nitrogen and oxygen atoms in total. The average molecular weight is 308 g/mol. The monoisotopic (exact) mass is 308 g/mol. The van der Waals surface area contributed by atoms with Crippen LogP contribution in [0.1, 0.15) is 38.9 Å². The van der Waals surface area contributed by atoms with Crippen molar-refractivity contribution in [1.82, 2.24) is 0 Å². The van der Waals surface area contributed by atoms with Gasteiger partial charge in [-0.15, -0.1) is 0 Å². The van der Waals surface area contributed by atoms with Crippen molar-refractivity contribution in [2.24, 2.45) is 0 Å². The van der Waals surface area contributed by atoms with E-state index in [9.17, 15) is 9.90 Å². The van der Waals surface area contributed by atoms with Gasteiger partial charge < -0.3 is 19.7 Å². The van der Waals surface area contributed by atoms with E-state index in [2.05, 4.69) is 0 Å². The molecule has 0 bridgehead atoms. The normalized spacial score (nSPS) is 13.3. The number of esters is 1. The molecule has 2 N–H and O–H groups in total. The largest absolute Gasteiger partial charge is 0.491 e. The van der Waals surface area contributed by atoms with E-state index in [1.807, 2.05) is 6.92 Å². The molecule has 0 radical (unpaired) electrons. The average Bonchev–Trinajstić information content (AvgIpc) is 2.52. The molecule has 0 aliphatic rings. The Morgan fingerprint density at radius 3 is 2.41 bits per heavy atom. The molecule has 1 aromatic rings. The van der Waals surface area contributed by atoms with E-state index in [0.717, 1.165) is 11.1 Å². The highest BCUT2D eigenvalue weighted by atomic mass is 16.5. The fraction of sp³-hybridized carbons (Fsp3) is 0.471. The first kappa shape index (κ1) is 18.2. The lowest BCUT2D eigenvalue weighted by Gasteiger charge is -2.14. The minimum Gasteiger partial charge on any atom is -0.491 e. The molecule has 5 heteroatoms. The molecule has 0 saturated carbocycles. The maximum atomic E-state index is 11.6. The van der Waals surface area contributed by atoms with Crippen molar-refractivity contribution in [3.63, 3.8) is 0 Å². The Hall–Kier alpha value is -1.85. The summed E-state index contributed by atoms with van der Waals surface area (Å²) in [5.41, 5.74) is 2.07. The lowest BCUT2D eigenvalue weighted by molar-refractivity contribution is -0.138. The van der Waals surface area contributed by atoms with Gasteiger partial charge in [0.15, 0.2) is 0 Å². The molecule has 0 aromatic heterocycles. The van der Waals surface area contributed by atoms with E-state index < -0.39 is 6.10 Å². The van der Waals surface area contributed by atoms with Gasteiger partial charge in [-0.1, -0.05) is 17.7 Å². The van der Waals surface area contributed by atoms with E-state index in [0.29, 0.717) is 24.4 Å². The van der Waals surface area contributed by atoms with Crippen LogP contribution in [0.4, 0.5) is 0 Å². The number of aliphatic hydroxyl groups is 2. The van der Waals surface area contributed by atoms with Gasteiger partial charge in [0.05, 0.1) is 19.3 Å². The second-order valence-corrected chi connectivity index (χ2v) is 4.99. The van der Waals surface area contributed by atoms with Crippen molar-refractivity contribution in [3.05, 3.63) is 41.0 Å². The van der Waals surface area contributed by atoms with Crippen LogP contribution in [0.2, 0.25) is 0 Å². The van der Waals surface area contributed by atoms with Gasteiger partial charge in [-0.2, -0.15) is 0 Å². The van der Waals surface area contributed by atoms with E-state index in [1.54, 1.807) is 38.1 Å². The molecule has 0 aliphatic carbocycles. The Labute approximate surface area is 131 Å². The van der Waals surface area contributed by atoms with Crippen molar-refractivity contribution in [2.75, 3.05) is 19.8 Å². The van der Waals surface area contributed by atoms with E-state index in [4.69, 9.17) is 14.6 Å². The predicted molar refractivity (Wildman–Crippen MR) is 83.6 cm³/mol. The molecule has 0 unspecified atom stereocenters. The summed E-state index contributed by atoms with van der Waals surface area (Å²) in [7, 11) is 0. The minimum absolute atomic E-state index is 0.0402. The van der Waals surface area contributed by atoms with Crippen LogP contribution in [-0.2, 0) is 9.53 Å². The van der Waals surface area contributed by atoms with Gasteiger partial charge in [-0.25, -0.2) is 4.79 Å². The minimum atomic E-state index is -0.698. The zero-order chi connectivity index (χ0) is 16.5. The van der Waals surface area contributed by atoms with Crippen molar-refractivity contribution in [2.45, 2.75) is 33.3 Å². The summed E-state index contributed by atoms with van der Waals surface area (Å²) >= 11 is 0. The zero-order valence-electron chi connectivity index (χ0n) is 13.3. The van der Waals surface area contributed by atoms with Crippen LogP contribution in [-0.4, -0.2) is 36.0 Å². The lowest BCUT2D eigenvalue weighted by atomic mass is 9.99. The van der Waals surface area contributed by atoms with Gasteiger partial charge in [0, 0.05) is 5.57 Å². The Bertz CT molecular complexity index is 504. The molecule has 22 heavy (non-hydrogen) atoms. The Morgan fingerprint density at radius 2 is 1.86 bits per heavy atom. The van der Waals surface area contributed by atoms with Gasteiger partial charge in [0.1, 0.15) is 12.4 Å². The van der Waals surface area contributed by atoms with Crippen molar-refractivity contribution < 1.29 is 24.5 Å². The Kier molecular flexibility index (Phi) is 7.63. The van der Waals surface area contributed by atoms with Gasteiger partial charge in [-0.3, -0.25) is 0 Å². The molecular formula is C17H24O5. The molecule has 0 saturated heterocycles. The van der Waals surface area contributed by atoms with E-state index >= 15 is 0 Å². The maximum absolute atomic E-state index is 11.6. The van der Waals surface area contributed by atoms with Crippen LogP contribution >= 0.6 is 0 Å². The highest BCUT2D eigenvalue weighted by molar-refractivity contribution is 5.88. The van der Waals surface area contributed by atoms with Crippen LogP contribution in [0.5, 0.6) is 5.75 Å². The second kappa shape index (κ2) is 9.23. The van der Waals surface area contributed by atoms with Crippen LogP contribution in [0, 0.1) is 0 Å². The molecule has 0 aliphatic heterocycles. The maximum Gasteiger partial charge on any atom is 0.333 e. The van der Waals surface area contributed by atoms with Crippen LogP contribution in [0.15, 0.2) is 35.4 Å². The number of hydrogen-bond acceptors (Lipinski definition) is 5. The number of aliphatic hydroxyl groups excluding tert-OH is 2. The standard InChI is InChI=1S/C17H24O5/c1-4-21-17(20)13(3)12(2)11-16(19)14-5-7-15(8-6-14)22-10-9-18/h5-8,16,18-19H,4,9-11H2,1-3H3/b13-12+/t16-/m0/s1. The summed E-state index contributed by atoms with van der Waals surface area (Å²) in [6.45, 7) is 5.81. The SMILES string of the molecule is CCOC(=O)/C(C)=C(\C)C[C@H](O)c1ccc(OCCO)cc1. The highest BCUT2D eigenvalue weighted by Gasteiger charge is 2.14. The Balaban J connectivity index is 2.69. The Morgan fingerprint density at radius 1 is 1.23 bits per heavy atom. The van der Waals surface area contributed by atoms with Gasteiger partial charge in [0.25, 0.3) is 0 Å². The van der Waals surface area contributed by atoms with Gasteiger partial charge >= 0.3 is 5.97 Å². The summed E-state index contributed by atoms with van der Waals surface area (Å²) in [6, 6.07) is 7.02. The van der Waals surface area contributed by atoms with Crippen molar-refractivity contribution in [1.29, 1.82) is 0 Å². The van der Waals surface area contributed by atoms with Crippen molar-refractivity contribution >= 4 is 5.97 Å². The molecule has 0 fully saturated rings.